The molecular formula is C21H21ClN6O. The van der Waals surface area contributed by atoms with Crippen LogP contribution in [0.25, 0.3) is 10.9 Å². The normalized spacial score (nSPS) is 16.4. The van der Waals surface area contributed by atoms with Gasteiger partial charge in [-0.15, -0.1) is 0 Å². The number of benzene rings is 1. The maximum atomic E-state index is 13.2. The van der Waals surface area contributed by atoms with Crippen LogP contribution in [-0.2, 0) is 23.3 Å². The van der Waals surface area contributed by atoms with Crippen molar-refractivity contribution < 1.29 is 4.79 Å². The molecule has 8 heteroatoms. The molecule has 1 aliphatic carbocycles. The predicted molar refractivity (Wildman–Crippen MR) is 113 cm³/mol. The van der Waals surface area contributed by atoms with E-state index in [-0.39, 0.29) is 17.3 Å². The molecule has 1 spiro atoms. The van der Waals surface area contributed by atoms with E-state index >= 15 is 0 Å². The lowest BCUT2D eigenvalue weighted by molar-refractivity contribution is -0.120. The summed E-state index contributed by atoms with van der Waals surface area (Å²) in [4.78, 5) is 19.4. The maximum absolute atomic E-state index is 13.2. The Morgan fingerprint density at radius 2 is 2.14 bits per heavy atom. The van der Waals surface area contributed by atoms with E-state index in [1.165, 1.54) is 0 Å². The minimum Gasteiger partial charge on any atom is -0.370 e. The fourth-order valence-electron chi connectivity index (χ4n) is 4.41. The first-order valence-electron chi connectivity index (χ1n) is 9.62. The second kappa shape index (κ2) is 6.49. The second-order valence-electron chi connectivity index (χ2n) is 7.70. The highest BCUT2D eigenvalue weighted by atomic mass is 35.5. The predicted octanol–water partition coefficient (Wildman–Crippen LogP) is 2.75. The standard InChI is InChI=1S/C21H21ClN6O/c22-14-1-2-17-13(9-14)10-15(27(17)8-7-26-20(23)24)12-28-18-11-25-6-3-16(18)21(4-5-21)19(28)29/h1-3,6,9-11H,4-5,7-8,12H2,(H4,23,24,26). The number of carbonyl (C=O) groups is 1. The van der Waals surface area contributed by atoms with Crippen LogP contribution in [0.5, 0.6) is 0 Å². The van der Waals surface area contributed by atoms with Crippen molar-refractivity contribution in [3.05, 3.63) is 59.0 Å². The maximum Gasteiger partial charge on any atom is 0.238 e. The summed E-state index contributed by atoms with van der Waals surface area (Å²) in [5.41, 5.74) is 9.14. The minimum absolute atomic E-state index is 0.0588. The summed E-state index contributed by atoms with van der Waals surface area (Å²) in [6.07, 6.45) is 5.37. The Kier molecular flexibility index (Phi) is 4.03. The van der Waals surface area contributed by atoms with Gasteiger partial charge >= 0.3 is 0 Å². The van der Waals surface area contributed by atoms with Crippen molar-refractivity contribution in [3.63, 3.8) is 0 Å². The summed E-state index contributed by atoms with van der Waals surface area (Å²) >= 11 is 6.19. The Balaban J connectivity index is 1.53. The Labute approximate surface area is 173 Å². The zero-order valence-corrected chi connectivity index (χ0v) is 16.5. The monoisotopic (exact) mass is 408 g/mol. The lowest BCUT2D eigenvalue weighted by Gasteiger charge is -2.20. The van der Waals surface area contributed by atoms with Crippen LogP contribution in [-0.4, -0.2) is 28.0 Å². The van der Waals surface area contributed by atoms with E-state index in [1.807, 2.05) is 29.2 Å². The number of nitrogens with zero attached hydrogens (tertiary/aromatic N) is 3. The molecule has 0 bridgehead atoms. The number of carbonyl (C=O) groups excluding carboxylic acids is 1. The summed E-state index contributed by atoms with van der Waals surface area (Å²) in [7, 11) is 0. The van der Waals surface area contributed by atoms with Crippen LogP contribution in [0.15, 0.2) is 42.7 Å². The highest BCUT2D eigenvalue weighted by Crippen LogP contribution is 2.57. The number of fused-ring (bicyclic) bond motifs is 3. The molecule has 0 unspecified atom stereocenters. The number of rotatable bonds is 5. The summed E-state index contributed by atoms with van der Waals surface area (Å²) < 4.78 is 2.16. The number of aromatic nitrogens is 2. The average molecular weight is 409 g/mol. The van der Waals surface area contributed by atoms with Crippen molar-refractivity contribution in [1.82, 2.24) is 14.9 Å². The summed E-state index contributed by atoms with van der Waals surface area (Å²) in [5, 5.41) is 11.9. The van der Waals surface area contributed by atoms with E-state index in [9.17, 15) is 4.79 Å². The quantitative estimate of drug-likeness (QED) is 0.446. The number of pyridine rings is 1. The van der Waals surface area contributed by atoms with Crippen molar-refractivity contribution in [2.24, 2.45) is 5.73 Å². The van der Waals surface area contributed by atoms with E-state index in [1.54, 1.807) is 12.4 Å². The molecule has 1 saturated carbocycles. The van der Waals surface area contributed by atoms with Crippen LogP contribution in [0.1, 0.15) is 24.1 Å². The molecule has 2 aromatic heterocycles. The molecule has 1 fully saturated rings. The van der Waals surface area contributed by atoms with Gasteiger partial charge in [-0.3, -0.25) is 15.2 Å². The molecular weight excluding hydrogens is 388 g/mol. The molecule has 148 valence electrons. The van der Waals surface area contributed by atoms with Crippen LogP contribution < -0.4 is 16.0 Å². The van der Waals surface area contributed by atoms with E-state index in [0.717, 1.165) is 40.7 Å². The highest BCUT2D eigenvalue weighted by Gasteiger charge is 2.59. The van der Waals surface area contributed by atoms with E-state index in [4.69, 9.17) is 22.7 Å². The van der Waals surface area contributed by atoms with Crippen LogP contribution in [0.3, 0.4) is 0 Å². The number of hydrogen-bond donors (Lipinski definition) is 3. The Morgan fingerprint density at radius 3 is 2.90 bits per heavy atom. The summed E-state index contributed by atoms with van der Waals surface area (Å²) in [6, 6.07) is 9.84. The van der Waals surface area contributed by atoms with Crippen LogP contribution >= 0.6 is 11.6 Å². The lowest BCUT2D eigenvalue weighted by atomic mass is 9.99. The van der Waals surface area contributed by atoms with Crippen LogP contribution in [0, 0.1) is 5.41 Å². The first-order valence-corrected chi connectivity index (χ1v) is 9.99. The van der Waals surface area contributed by atoms with Gasteiger partial charge in [-0.05, 0) is 48.7 Å². The van der Waals surface area contributed by atoms with Gasteiger partial charge in [-0.1, -0.05) is 11.6 Å². The van der Waals surface area contributed by atoms with Gasteiger partial charge in [0, 0.05) is 40.9 Å². The summed E-state index contributed by atoms with van der Waals surface area (Å²) in [5.74, 6) is 0.105. The zero-order valence-electron chi connectivity index (χ0n) is 15.8. The molecule has 3 aromatic rings. The smallest absolute Gasteiger partial charge is 0.238 e. The van der Waals surface area contributed by atoms with E-state index in [0.29, 0.717) is 24.7 Å². The van der Waals surface area contributed by atoms with Gasteiger partial charge in [-0.25, -0.2) is 0 Å². The van der Waals surface area contributed by atoms with Gasteiger partial charge in [0.1, 0.15) is 0 Å². The first-order chi connectivity index (χ1) is 14.0. The summed E-state index contributed by atoms with van der Waals surface area (Å²) in [6.45, 7) is 1.60. The lowest BCUT2D eigenvalue weighted by Crippen LogP contribution is -2.34. The van der Waals surface area contributed by atoms with Crippen LogP contribution in [0.2, 0.25) is 5.02 Å². The number of nitrogens with two attached hydrogens (primary N) is 1. The van der Waals surface area contributed by atoms with Crippen molar-refractivity contribution in [2.75, 3.05) is 11.4 Å². The largest absolute Gasteiger partial charge is 0.370 e. The Bertz CT molecular complexity index is 1150. The molecule has 29 heavy (non-hydrogen) atoms. The number of amides is 1. The number of guanidine groups is 1. The Morgan fingerprint density at radius 1 is 1.31 bits per heavy atom. The zero-order chi connectivity index (χ0) is 20.2. The van der Waals surface area contributed by atoms with Crippen molar-refractivity contribution in [1.29, 1.82) is 5.41 Å². The third-order valence-electron chi connectivity index (χ3n) is 5.93. The fourth-order valence-corrected chi connectivity index (χ4v) is 4.59. The van der Waals surface area contributed by atoms with Crippen LogP contribution in [0.4, 0.5) is 5.69 Å². The van der Waals surface area contributed by atoms with E-state index < -0.39 is 0 Å². The fraction of sp³-hybridized carbons (Fsp3) is 0.286. The molecule has 0 atom stereocenters. The number of hydrogen-bond acceptors (Lipinski definition) is 3. The molecule has 2 aliphatic rings. The van der Waals surface area contributed by atoms with Crippen molar-refractivity contribution in [3.8, 4) is 0 Å². The van der Waals surface area contributed by atoms with Gasteiger partial charge in [0.25, 0.3) is 0 Å². The molecule has 1 aliphatic heterocycles. The molecule has 7 nitrogen and oxygen atoms in total. The third-order valence-corrected chi connectivity index (χ3v) is 6.17. The number of halogens is 1. The SMILES string of the molecule is N=C(N)NCCn1c(CN2C(=O)C3(CC3)c3ccncc32)cc2cc(Cl)ccc21. The second-order valence-corrected chi connectivity index (χ2v) is 8.13. The topological polar surface area (TPSA) is 100 Å². The van der Waals surface area contributed by atoms with Gasteiger partial charge in [-0.2, -0.15) is 0 Å². The molecule has 0 saturated heterocycles. The van der Waals surface area contributed by atoms with Gasteiger partial charge in [0.05, 0.1) is 23.8 Å². The van der Waals surface area contributed by atoms with Gasteiger partial charge in [0.2, 0.25) is 5.91 Å². The third kappa shape index (κ3) is 2.84. The average Bonchev–Trinajstić information content (AvgIpc) is 3.39. The Hall–Kier alpha value is -3.06. The van der Waals surface area contributed by atoms with Crippen molar-refractivity contribution >= 4 is 40.1 Å². The molecule has 5 rings (SSSR count). The number of nitrogens with one attached hydrogen (secondary N) is 2. The molecule has 1 aromatic carbocycles. The molecule has 1 amide bonds. The van der Waals surface area contributed by atoms with E-state index in [2.05, 4.69) is 20.9 Å². The number of anilines is 1. The minimum atomic E-state index is -0.339. The first kappa shape index (κ1) is 18.0. The van der Waals surface area contributed by atoms with Gasteiger partial charge in [0.15, 0.2) is 5.96 Å². The van der Waals surface area contributed by atoms with Crippen molar-refractivity contribution in [2.45, 2.75) is 31.3 Å². The molecule has 3 heterocycles. The molecule has 0 radical (unpaired) electrons. The van der Waals surface area contributed by atoms with Gasteiger partial charge < -0.3 is 20.5 Å². The highest BCUT2D eigenvalue weighted by molar-refractivity contribution is 6.31. The molecule has 4 N–H and O–H groups in total.